The molecule has 1 saturated heterocycles. The normalized spacial score (nSPS) is 16.7. The third kappa shape index (κ3) is 2.05. The first-order chi connectivity index (χ1) is 6.88. The van der Waals surface area contributed by atoms with Crippen LogP contribution in [-0.4, -0.2) is 46.2 Å². The highest BCUT2D eigenvalue weighted by Crippen LogP contribution is 2.04. The van der Waals surface area contributed by atoms with Gasteiger partial charge in [0.2, 0.25) is 0 Å². The molecule has 0 atom stereocenters. The largest absolute Gasteiger partial charge is 0.378 e. The van der Waals surface area contributed by atoms with Crippen LogP contribution in [0.3, 0.4) is 0 Å². The van der Waals surface area contributed by atoms with Crippen molar-refractivity contribution in [1.29, 1.82) is 0 Å². The number of thiocarbonyl (C=S) groups is 1. The molecule has 2 heterocycles. The second kappa shape index (κ2) is 4.43. The summed E-state index contributed by atoms with van der Waals surface area (Å²) < 4.78 is 5.25. The zero-order chi connectivity index (χ0) is 9.80. The van der Waals surface area contributed by atoms with Crippen LogP contribution in [0.4, 0.5) is 0 Å². The summed E-state index contributed by atoms with van der Waals surface area (Å²) in [7, 11) is 0. The van der Waals surface area contributed by atoms with Gasteiger partial charge in [-0.05, 0) is 0 Å². The molecule has 2 rings (SSSR count). The van der Waals surface area contributed by atoms with Gasteiger partial charge >= 0.3 is 0 Å². The van der Waals surface area contributed by atoms with E-state index in [0.29, 0.717) is 0 Å². The molecule has 0 N–H and O–H groups in total. The minimum Gasteiger partial charge on any atom is -0.378 e. The third-order valence-electron chi connectivity index (χ3n) is 2.08. The molecule has 1 fully saturated rings. The summed E-state index contributed by atoms with van der Waals surface area (Å²) in [5.74, 6) is 0. The summed E-state index contributed by atoms with van der Waals surface area (Å²) in [5, 5.41) is 0. The Labute approximate surface area is 87.9 Å². The number of morpholine rings is 1. The molecule has 1 aliphatic heterocycles. The highest BCUT2D eigenvalue weighted by Gasteiger charge is 2.15. The Morgan fingerprint density at radius 1 is 1.36 bits per heavy atom. The van der Waals surface area contributed by atoms with Gasteiger partial charge in [0.1, 0.15) is 10.7 Å². The highest BCUT2D eigenvalue weighted by atomic mass is 32.1. The van der Waals surface area contributed by atoms with E-state index in [9.17, 15) is 0 Å². The maximum absolute atomic E-state index is 5.31. The van der Waals surface area contributed by atoms with Crippen molar-refractivity contribution in [3.8, 4) is 0 Å². The van der Waals surface area contributed by atoms with Crippen molar-refractivity contribution < 1.29 is 4.74 Å². The molecule has 0 unspecified atom stereocenters. The van der Waals surface area contributed by atoms with Crippen LogP contribution < -0.4 is 0 Å². The first-order valence-electron chi connectivity index (χ1n) is 4.51. The van der Waals surface area contributed by atoms with Crippen LogP contribution in [0.2, 0.25) is 0 Å². The summed E-state index contributed by atoms with van der Waals surface area (Å²) >= 11 is 5.31. The van der Waals surface area contributed by atoms with Gasteiger partial charge < -0.3 is 9.64 Å². The lowest BCUT2D eigenvalue weighted by Gasteiger charge is -2.28. The topological polar surface area (TPSA) is 38.2 Å². The van der Waals surface area contributed by atoms with Crippen molar-refractivity contribution in [3.63, 3.8) is 0 Å². The summed E-state index contributed by atoms with van der Waals surface area (Å²) in [5.41, 5.74) is 0.768. The minimum absolute atomic E-state index is 0.737. The Balaban J connectivity index is 2.07. The summed E-state index contributed by atoms with van der Waals surface area (Å²) in [4.78, 5) is 11.0. The van der Waals surface area contributed by atoms with Gasteiger partial charge in [-0.2, -0.15) is 0 Å². The van der Waals surface area contributed by atoms with Crippen LogP contribution in [0.1, 0.15) is 5.69 Å². The zero-order valence-electron chi connectivity index (χ0n) is 7.72. The van der Waals surface area contributed by atoms with Gasteiger partial charge in [-0.1, -0.05) is 12.2 Å². The number of hydrogen-bond donors (Lipinski definition) is 0. The molecule has 0 bridgehead atoms. The summed E-state index contributed by atoms with van der Waals surface area (Å²) in [6, 6.07) is 0. The standard InChI is InChI=1S/C9H11N3OS/c14-9(8-7-10-1-2-11-8)12-3-5-13-6-4-12/h1-2,7H,3-6H2. The van der Waals surface area contributed by atoms with Crippen molar-refractivity contribution in [3.05, 3.63) is 24.3 Å². The van der Waals surface area contributed by atoms with Gasteiger partial charge in [-0.25, -0.2) is 0 Å². The second-order valence-electron chi connectivity index (χ2n) is 3.00. The van der Waals surface area contributed by atoms with Crippen molar-refractivity contribution >= 4 is 17.2 Å². The number of hydrogen-bond acceptors (Lipinski definition) is 4. The van der Waals surface area contributed by atoms with Crippen LogP contribution in [0, 0.1) is 0 Å². The average molecular weight is 209 g/mol. The maximum atomic E-state index is 5.31. The molecule has 5 heteroatoms. The first-order valence-corrected chi connectivity index (χ1v) is 4.92. The van der Waals surface area contributed by atoms with Crippen molar-refractivity contribution in [2.24, 2.45) is 0 Å². The van der Waals surface area contributed by atoms with Crippen LogP contribution in [0.25, 0.3) is 0 Å². The lowest BCUT2D eigenvalue weighted by atomic mass is 10.3. The molecule has 1 aliphatic rings. The monoisotopic (exact) mass is 209 g/mol. The zero-order valence-corrected chi connectivity index (χ0v) is 8.54. The lowest BCUT2D eigenvalue weighted by molar-refractivity contribution is 0.0692. The predicted molar refractivity (Wildman–Crippen MR) is 56.1 cm³/mol. The molecular weight excluding hydrogens is 198 g/mol. The van der Waals surface area contributed by atoms with E-state index in [1.54, 1.807) is 18.6 Å². The van der Waals surface area contributed by atoms with Gasteiger partial charge in [-0.3, -0.25) is 9.97 Å². The molecule has 0 saturated carbocycles. The number of rotatable bonds is 1. The fraction of sp³-hybridized carbons (Fsp3) is 0.444. The Morgan fingerprint density at radius 3 is 2.79 bits per heavy atom. The maximum Gasteiger partial charge on any atom is 0.129 e. The van der Waals surface area contributed by atoms with E-state index in [2.05, 4.69) is 14.9 Å². The summed E-state index contributed by atoms with van der Waals surface area (Å²) in [6.07, 6.45) is 4.99. The number of nitrogens with zero attached hydrogens (tertiary/aromatic N) is 3. The van der Waals surface area contributed by atoms with E-state index in [1.807, 2.05) is 0 Å². The van der Waals surface area contributed by atoms with E-state index in [1.165, 1.54) is 0 Å². The first kappa shape index (κ1) is 9.48. The van der Waals surface area contributed by atoms with Crippen LogP contribution >= 0.6 is 12.2 Å². The predicted octanol–water partition coefficient (Wildman–Crippen LogP) is 0.484. The van der Waals surface area contributed by atoms with Gasteiger partial charge in [-0.15, -0.1) is 0 Å². The molecule has 0 radical (unpaired) electrons. The molecule has 0 spiro atoms. The molecule has 14 heavy (non-hydrogen) atoms. The average Bonchev–Trinajstić information content (AvgIpc) is 2.30. The van der Waals surface area contributed by atoms with Gasteiger partial charge in [0.05, 0.1) is 19.4 Å². The molecular formula is C9H11N3OS. The molecule has 1 aromatic rings. The quantitative estimate of drug-likeness (QED) is 0.629. The molecule has 4 nitrogen and oxygen atoms in total. The molecule has 0 aliphatic carbocycles. The van der Waals surface area contributed by atoms with Crippen LogP contribution in [-0.2, 0) is 4.74 Å². The Kier molecular flexibility index (Phi) is 3.00. The van der Waals surface area contributed by atoms with Crippen molar-refractivity contribution in [2.45, 2.75) is 0 Å². The molecule has 0 amide bonds. The fourth-order valence-corrected chi connectivity index (χ4v) is 1.63. The van der Waals surface area contributed by atoms with E-state index < -0.39 is 0 Å². The third-order valence-corrected chi connectivity index (χ3v) is 2.55. The van der Waals surface area contributed by atoms with E-state index >= 15 is 0 Å². The van der Waals surface area contributed by atoms with Crippen LogP contribution in [0.5, 0.6) is 0 Å². The molecule has 74 valence electrons. The Morgan fingerprint density at radius 2 is 2.14 bits per heavy atom. The molecule has 1 aromatic heterocycles. The lowest BCUT2D eigenvalue weighted by Crippen LogP contribution is -2.40. The highest BCUT2D eigenvalue weighted by molar-refractivity contribution is 7.80. The minimum atomic E-state index is 0.737. The van der Waals surface area contributed by atoms with Crippen molar-refractivity contribution in [2.75, 3.05) is 26.3 Å². The molecule has 0 aromatic carbocycles. The van der Waals surface area contributed by atoms with Gasteiger partial charge in [0, 0.05) is 25.5 Å². The van der Waals surface area contributed by atoms with E-state index in [-0.39, 0.29) is 0 Å². The Bertz CT molecular complexity index is 311. The number of aromatic nitrogens is 2. The van der Waals surface area contributed by atoms with Crippen molar-refractivity contribution in [1.82, 2.24) is 14.9 Å². The van der Waals surface area contributed by atoms with E-state index in [0.717, 1.165) is 37.0 Å². The number of ether oxygens (including phenoxy) is 1. The SMILES string of the molecule is S=C(c1cnccn1)N1CCOCC1. The smallest absolute Gasteiger partial charge is 0.129 e. The van der Waals surface area contributed by atoms with Crippen LogP contribution in [0.15, 0.2) is 18.6 Å². The van der Waals surface area contributed by atoms with E-state index in [4.69, 9.17) is 17.0 Å². The fourth-order valence-electron chi connectivity index (χ4n) is 1.34. The summed E-state index contributed by atoms with van der Waals surface area (Å²) in [6.45, 7) is 3.16. The van der Waals surface area contributed by atoms with Gasteiger partial charge in [0.25, 0.3) is 0 Å². The van der Waals surface area contributed by atoms with Gasteiger partial charge in [0.15, 0.2) is 0 Å². The second-order valence-corrected chi connectivity index (χ2v) is 3.38. The Hall–Kier alpha value is -1.07.